The molecular weight excluding hydrogens is 266 g/mol. The number of hydrogen-bond donors (Lipinski definition) is 1. The number of likely N-dealkylation sites (tertiary alicyclic amines) is 1. The third kappa shape index (κ3) is 4.58. The number of hydrogen-bond acceptors (Lipinski definition) is 3. The van der Waals surface area contributed by atoms with Crippen LogP contribution in [0.3, 0.4) is 0 Å². The molecule has 0 aliphatic carbocycles. The molecule has 0 aromatic rings. The topological polar surface area (TPSA) is 55.6 Å². The van der Waals surface area contributed by atoms with Crippen LogP contribution in [0.1, 0.15) is 47.5 Å². The standard InChI is InChI=1S/C14H26F2N2O2/c1-12(2,3)20-11(19)18-8-10(6-13(18,4)5)7-14(15,16)9-17/h10H,6-9,17H2,1-5H3. The van der Waals surface area contributed by atoms with Gasteiger partial charge in [-0.1, -0.05) is 0 Å². The summed E-state index contributed by atoms with van der Waals surface area (Å²) in [5.41, 5.74) is 4.01. The third-order valence-electron chi connectivity index (χ3n) is 3.46. The lowest BCUT2D eigenvalue weighted by Crippen LogP contribution is -2.45. The van der Waals surface area contributed by atoms with Crippen LogP contribution in [0.4, 0.5) is 13.6 Å². The van der Waals surface area contributed by atoms with Crippen molar-refractivity contribution in [2.24, 2.45) is 11.7 Å². The SMILES string of the molecule is CC(C)(C)OC(=O)N1CC(CC(F)(F)CN)CC1(C)C. The summed E-state index contributed by atoms with van der Waals surface area (Å²) < 4.78 is 32.1. The van der Waals surface area contributed by atoms with Gasteiger partial charge < -0.3 is 15.4 Å². The second kappa shape index (κ2) is 5.47. The third-order valence-corrected chi connectivity index (χ3v) is 3.46. The zero-order chi connectivity index (χ0) is 15.8. The molecule has 1 heterocycles. The lowest BCUT2D eigenvalue weighted by molar-refractivity contribution is -0.0137. The Morgan fingerprint density at radius 2 is 1.95 bits per heavy atom. The van der Waals surface area contributed by atoms with Crippen LogP contribution < -0.4 is 5.73 Å². The zero-order valence-corrected chi connectivity index (χ0v) is 13.0. The highest BCUT2D eigenvalue weighted by atomic mass is 19.3. The van der Waals surface area contributed by atoms with Crippen molar-refractivity contribution in [3.63, 3.8) is 0 Å². The molecule has 118 valence electrons. The number of alkyl halides is 2. The normalized spacial score (nSPS) is 23.0. The Kier molecular flexibility index (Phi) is 4.69. The van der Waals surface area contributed by atoms with E-state index in [1.807, 2.05) is 13.8 Å². The van der Waals surface area contributed by atoms with E-state index in [4.69, 9.17) is 10.5 Å². The van der Waals surface area contributed by atoms with E-state index in [0.717, 1.165) is 0 Å². The lowest BCUT2D eigenvalue weighted by atomic mass is 9.92. The molecule has 1 aliphatic rings. The van der Waals surface area contributed by atoms with Gasteiger partial charge in [0.2, 0.25) is 0 Å². The molecule has 0 aromatic heterocycles. The summed E-state index contributed by atoms with van der Waals surface area (Å²) in [6.45, 7) is 8.74. The van der Waals surface area contributed by atoms with Gasteiger partial charge in [0.15, 0.2) is 0 Å². The van der Waals surface area contributed by atoms with Crippen molar-refractivity contribution >= 4 is 6.09 Å². The zero-order valence-electron chi connectivity index (χ0n) is 13.0. The van der Waals surface area contributed by atoms with E-state index in [0.29, 0.717) is 6.42 Å². The molecule has 0 radical (unpaired) electrons. The van der Waals surface area contributed by atoms with Crippen LogP contribution in [0.15, 0.2) is 0 Å². The van der Waals surface area contributed by atoms with Gasteiger partial charge in [0.1, 0.15) is 5.60 Å². The van der Waals surface area contributed by atoms with Crippen molar-refractivity contribution in [3.8, 4) is 0 Å². The van der Waals surface area contributed by atoms with E-state index in [-0.39, 0.29) is 18.9 Å². The fourth-order valence-electron chi connectivity index (χ4n) is 2.67. The van der Waals surface area contributed by atoms with Crippen LogP contribution in [0.2, 0.25) is 0 Å². The van der Waals surface area contributed by atoms with Gasteiger partial charge in [-0.05, 0) is 47.0 Å². The molecule has 1 unspecified atom stereocenters. The first-order chi connectivity index (χ1) is 8.86. The second-order valence-electron chi connectivity index (χ2n) is 7.24. The van der Waals surface area contributed by atoms with Crippen LogP contribution in [0.25, 0.3) is 0 Å². The van der Waals surface area contributed by atoms with Crippen LogP contribution in [0, 0.1) is 5.92 Å². The van der Waals surface area contributed by atoms with Crippen molar-refractivity contribution in [3.05, 3.63) is 0 Å². The largest absolute Gasteiger partial charge is 0.444 e. The highest BCUT2D eigenvalue weighted by Crippen LogP contribution is 2.38. The molecule has 1 fully saturated rings. The van der Waals surface area contributed by atoms with E-state index in [9.17, 15) is 13.6 Å². The Morgan fingerprint density at radius 1 is 1.40 bits per heavy atom. The Balaban J connectivity index is 2.73. The maximum absolute atomic E-state index is 13.4. The number of rotatable bonds is 3. The number of amides is 1. The summed E-state index contributed by atoms with van der Waals surface area (Å²) in [4.78, 5) is 13.7. The molecule has 20 heavy (non-hydrogen) atoms. The number of carbonyl (C=O) groups is 1. The molecule has 2 N–H and O–H groups in total. The molecule has 1 amide bonds. The van der Waals surface area contributed by atoms with E-state index < -0.39 is 29.7 Å². The molecule has 0 bridgehead atoms. The average molecular weight is 292 g/mol. The van der Waals surface area contributed by atoms with Crippen LogP contribution >= 0.6 is 0 Å². The van der Waals surface area contributed by atoms with Crippen LogP contribution in [0.5, 0.6) is 0 Å². The predicted molar refractivity (Wildman–Crippen MR) is 73.7 cm³/mol. The van der Waals surface area contributed by atoms with Crippen LogP contribution in [-0.4, -0.2) is 41.1 Å². The maximum Gasteiger partial charge on any atom is 0.410 e. The first-order valence-electron chi connectivity index (χ1n) is 6.95. The summed E-state index contributed by atoms with van der Waals surface area (Å²) >= 11 is 0. The molecule has 6 heteroatoms. The number of ether oxygens (including phenoxy) is 1. The van der Waals surface area contributed by atoms with Gasteiger partial charge in [0, 0.05) is 18.5 Å². The predicted octanol–water partition coefficient (Wildman–Crippen LogP) is 3.01. The Morgan fingerprint density at radius 3 is 2.40 bits per heavy atom. The van der Waals surface area contributed by atoms with Crippen molar-refractivity contribution in [1.29, 1.82) is 0 Å². The summed E-state index contributed by atoms with van der Waals surface area (Å²) in [7, 11) is 0. The fourth-order valence-corrected chi connectivity index (χ4v) is 2.67. The van der Waals surface area contributed by atoms with Gasteiger partial charge in [-0.3, -0.25) is 0 Å². The van der Waals surface area contributed by atoms with Crippen molar-refractivity contribution in [1.82, 2.24) is 4.90 Å². The number of nitrogens with zero attached hydrogens (tertiary/aromatic N) is 1. The molecule has 0 saturated carbocycles. The summed E-state index contributed by atoms with van der Waals surface area (Å²) in [6.07, 6.45) is -0.199. The number of nitrogens with two attached hydrogens (primary N) is 1. The minimum absolute atomic E-state index is 0.254. The fraction of sp³-hybridized carbons (Fsp3) is 0.929. The molecule has 1 aliphatic heterocycles. The molecular formula is C14H26F2N2O2. The van der Waals surface area contributed by atoms with Gasteiger partial charge >= 0.3 is 6.09 Å². The Hall–Kier alpha value is -0.910. The summed E-state index contributed by atoms with van der Waals surface area (Å²) in [6, 6.07) is 0. The van der Waals surface area contributed by atoms with Crippen molar-refractivity contribution < 1.29 is 18.3 Å². The van der Waals surface area contributed by atoms with Gasteiger partial charge in [0.25, 0.3) is 5.92 Å². The first-order valence-corrected chi connectivity index (χ1v) is 6.95. The van der Waals surface area contributed by atoms with Gasteiger partial charge in [-0.25, -0.2) is 13.6 Å². The summed E-state index contributed by atoms with van der Waals surface area (Å²) in [5, 5.41) is 0. The van der Waals surface area contributed by atoms with E-state index in [1.165, 1.54) is 0 Å². The van der Waals surface area contributed by atoms with Gasteiger partial charge in [-0.15, -0.1) is 0 Å². The van der Waals surface area contributed by atoms with Gasteiger partial charge in [0.05, 0.1) is 6.54 Å². The van der Waals surface area contributed by atoms with Crippen LogP contribution in [-0.2, 0) is 4.74 Å². The molecule has 0 aromatic carbocycles. The molecule has 1 rings (SSSR count). The molecule has 1 saturated heterocycles. The minimum Gasteiger partial charge on any atom is -0.444 e. The molecule has 4 nitrogen and oxygen atoms in total. The van der Waals surface area contributed by atoms with E-state index >= 15 is 0 Å². The van der Waals surface area contributed by atoms with Gasteiger partial charge in [-0.2, -0.15) is 0 Å². The minimum atomic E-state index is -2.87. The number of carbonyl (C=O) groups excluding carboxylic acids is 1. The smallest absolute Gasteiger partial charge is 0.410 e. The highest BCUT2D eigenvalue weighted by Gasteiger charge is 2.45. The number of halogens is 2. The Labute approximate surface area is 119 Å². The molecule has 1 atom stereocenters. The first kappa shape index (κ1) is 17.1. The highest BCUT2D eigenvalue weighted by molar-refractivity contribution is 5.69. The second-order valence-corrected chi connectivity index (χ2v) is 7.24. The monoisotopic (exact) mass is 292 g/mol. The quantitative estimate of drug-likeness (QED) is 0.870. The molecule has 0 spiro atoms. The average Bonchev–Trinajstić information content (AvgIpc) is 2.50. The van der Waals surface area contributed by atoms with Crippen molar-refractivity contribution in [2.75, 3.05) is 13.1 Å². The van der Waals surface area contributed by atoms with E-state index in [2.05, 4.69) is 0 Å². The Bertz CT molecular complexity index is 365. The lowest BCUT2D eigenvalue weighted by Gasteiger charge is -2.33. The van der Waals surface area contributed by atoms with E-state index in [1.54, 1.807) is 25.7 Å². The summed E-state index contributed by atoms with van der Waals surface area (Å²) in [5.74, 6) is -3.12. The maximum atomic E-state index is 13.4. The van der Waals surface area contributed by atoms with Crippen molar-refractivity contribution in [2.45, 2.75) is 64.5 Å².